The lowest BCUT2D eigenvalue weighted by Gasteiger charge is -2.36. The van der Waals surface area contributed by atoms with Gasteiger partial charge in [0.1, 0.15) is 0 Å². The van der Waals surface area contributed by atoms with Crippen molar-refractivity contribution in [2.45, 2.75) is 56.9 Å². The van der Waals surface area contributed by atoms with Crippen molar-refractivity contribution in [2.24, 2.45) is 5.92 Å². The van der Waals surface area contributed by atoms with Crippen LogP contribution in [0.5, 0.6) is 0 Å². The largest absolute Gasteiger partial charge is 0.243 e. The molecule has 0 N–H and O–H groups in total. The van der Waals surface area contributed by atoms with E-state index in [2.05, 4.69) is 31.2 Å². The van der Waals surface area contributed by atoms with Crippen molar-refractivity contribution in [3.05, 3.63) is 84.9 Å². The van der Waals surface area contributed by atoms with E-state index in [1.165, 1.54) is 19.3 Å². The van der Waals surface area contributed by atoms with Gasteiger partial charge < -0.3 is 0 Å². The standard InChI is InChI=1S/C28H34NO2PS/c1-3-29(23(2)24-15-7-4-8-16-24)33(30,31)28-22-14-13-21-27(28)32(25-17-9-5-10-18-25)26-19-11-6-12-20-26/h5-6,9-14,17-24H,3-4,7-8,15-16H2,1-2H3/t23-/m1/s1. The van der Waals surface area contributed by atoms with Gasteiger partial charge in [-0.3, -0.25) is 0 Å². The van der Waals surface area contributed by atoms with Crippen LogP contribution in [0.25, 0.3) is 0 Å². The zero-order valence-electron chi connectivity index (χ0n) is 19.6. The molecule has 0 saturated heterocycles. The minimum Gasteiger partial charge on any atom is -0.207 e. The molecule has 1 saturated carbocycles. The maximum atomic E-state index is 14.2. The number of benzene rings is 3. The van der Waals surface area contributed by atoms with Gasteiger partial charge in [-0.15, -0.1) is 0 Å². The molecule has 0 bridgehead atoms. The van der Waals surface area contributed by atoms with Gasteiger partial charge in [0.15, 0.2) is 0 Å². The summed E-state index contributed by atoms with van der Waals surface area (Å²) in [6.45, 7) is 4.57. The van der Waals surface area contributed by atoms with Crippen LogP contribution in [0.2, 0.25) is 0 Å². The predicted octanol–water partition coefficient (Wildman–Crippen LogP) is 5.42. The number of rotatable bonds is 8. The highest BCUT2D eigenvalue weighted by molar-refractivity contribution is 7.90. The Hall–Kier alpha value is -2.00. The predicted molar refractivity (Wildman–Crippen MR) is 141 cm³/mol. The van der Waals surface area contributed by atoms with Gasteiger partial charge in [0.2, 0.25) is 10.0 Å². The van der Waals surface area contributed by atoms with Gasteiger partial charge >= 0.3 is 0 Å². The molecule has 0 amide bonds. The third-order valence-corrected chi connectivity index (χ3v) is 11.6. The Morgan fingerprint density at radius 2 is 1.33 bits per heavy atom. The fourth-order valence-corrected chi connectivity index (χ4v) is 9.83. The summed E-state index contributed by atoms with van der Waals surface area (Å²) in [5, 5.41) is 3.22. The second-order valence-electron chi connectivity index (χ2n) is 8.82. The molecule has 0 aliphatic heterocycles. The van der Waals surface area contributed by atoms with E-state index in [1.807, 2.05) is 67.6 Å². The van der Waals surface area contributed by atoms with E-state index in [-0.39, 0.29) is 6.04 Å². The van der Waals surface area contributed by atoms with Crippen molar-refractivity contribution < 1.29 is 8.42 Å². The molecule has 1 aliphatic carbocycles. The average Bonchev–Trinajstić information content (AvgIpc) is 2.86. The SMILES string of the molecule is CCN([C@H](C)C1CCCCC1)S(=O)(=O)c1ccccc1P(c1ccccc1)c1ccccc1. The molecular weight excluding hydrogens is 445 g/mol. The molecule has 1 fully saturated rings. The normalized spacial score (nSPS) is 16.2. The molecule has 3 nitrogen and oxygen atoms in total. The van der Waals surface area contributed by atoms with Gasteiger partial charge in [-0.05, 0) is 50.3 Å². The van der Waals surface area contributed by atoms with Crippen LogP contribution in [-0.4, -0.2) is 25.3 Å². The molecular formula is C28H34NO2PS. The first-order valence-corrected chi connectivity index (χ1v) is 14.8. The molecule has 1 aliphatic rings. The molecule has 0 radical (unpaired) electrons. The summed E-state index contributed by atoms with van der Waals surface area (Å²) < 4.78 is 30.1. The summed E-state index contributed by atoms with van der Waals surface area (Å²) in [5.41, 5.74) is 0. The average molecular weight is 480 g/mol. The molecule has 1 atom stereocenters. The third kappa shape index (κ3) is 5.24. The molecule has 0 heterocycles. The molecule has 4 rings (SSSR count). The number of nitrogens with zero attached hydrogens (tertiary/aromatic N) is 1. The van der Waals surface area contributed by atoms with Crippen LogP contribution in [0.4, 0.5) is 0 Å². The lowest BCUT2D eigenvalue weighted by Crippen LogP contribution is -2.44. The van der Waals surface area contributed by atoms with Crippen molar-refractivity contribution in [3.63, 3.8) is 0 Å². The first-order chi connectivity index (χ1) is 16.0. The van der Waals surface area contributed by atoms with Crippen LogP contribution in [-0.2, 0) is 10.0 Å². The maximum absolute atomic E-state index is 14.2. The topological polar surface area (TPSA) is 37.4 Å². The van der Waals surface area contributed by atoms with Crippen LogP contribution < -0.4 is 15.9 Å². The van der Waals surface area contributed by atoms with Crippen molar-refractivity contribution in [1.29, 1.82) is 0 Å². The Kier molecular flexibility index (Phi) is 8.01. The Morgan fingerprint density at radius 3 is 1.88 bits per heavy atom. The van der Waals surface area contributed by atoms with Crippen LogP contribution in [0.1, 0.15) is 46.0 Å². The maximum Gasteiger partial charge on any atom is 0.243 e. The first kappa shape index (κ1) is 24.1. The smallest absolute Gasteiger partial charge is 0.207 e. The Balaban J connectivity index is 1.81. The fraction of sp³-hybridized carbons (Fsp3) is 0.357. The van der Waals surface area contributed by atoms with E-state index in [4.69, 9.17) is 0 Å². The van der Waals surface area contributed by atoms with Crippen molar-refractivity contribution in [1.82, 2.24) is 4.31 Å². The third-order valence-electron chi connectivity index (χ3n) is 6.82. The zero-order chi connectivity index (χ0) is 23.3. The van der Waals surface area contributed by atoms with E-state index < -0.39 is 17.9 Å². The summed E-state index contributed by atoms with van der Waals surface area (Å²) in [5.74, 6) is 0.436. The van der Waals surface area contributed by atoms with Crippen LogP contribution >= 0.6 is 7.92 Å². The first-order valence-electron chi connectivity index (χ1n) is 12.0. The van der Waals surface area contributed by atoms with Crippen molar-refractivity contribution in [2.75, 3.05) is 6.54 Å². The van der Waals surface area contributed by atoms with Crippen LogP contribution in [0.3, 0.4) is 0 Å². The summed E-state index contributed by atoms with van der Waals surface area (Å²) in [4.78, 5) is 0.452. The molecule has 33 heavy (non-hydrogen) atoms. The van der Waals surface area contributed by atoms with Gasteiger partial charge in [0, 0.05) is 17.9 Å². The van der Waals surface area contributed by atoms with E-state index >= 15 is 0 Å². The number of sulfonamides is 1. The zero-order valence-corrected chi connectivity index (χ0v) is 21.3. The fourth-order valence-electron chi connectivity index (χ4n) is 5.10. The molecule has 3 aromatic rings. The van der Waals surface area contributed by atoms with E-state index in [0.717, 1.165) is 28.8 Å². The van der Waals surface area contributed by atoms with Gasteiger partial charge in [0.05, 0.1) is 4.90 Å². The Labute approximate surface area is 200 Å². The summed E-state index contributed by atoms with van der Waals surface area (Å²) in [7, 11) is -4.64. The monoisotopic (exact) mass is 479 g/mol. The van der Waals surface area contributed by atoms with Gasteiger partial charge in [-0.2, -0.15) is 4.31 Å². The minimum atomic E-state index is -3.64. The van der Waals surface area contributed by atoms with Crippen LogP contribution in [0.15, 0.2) is 89.8 Å². The highest BCUT2D eigenvalue weighted by Gasteiger charge is 2.35. The molecule has 0 spiro atoms. The van der Waals surface area contributed by atoms with Gasteiger partial charge in [-0.25, -0.2) is 8.42 Å². The summed E-state index contributed by atoms with van der Waals surface area (Å²) >= 11 is 0. The van der Waals surface area contributed by atoms with E-state index in [0.29, 0.717) is 17.4 Å². The number of hydrogen-bond acceptors (Lipinski definition) is 2. The van der Waals surface area contributed by atoms with Crippen LogP contribution in [0, 0.1) is 5.92 Å². The lowest BCUT2D eigenvalue weighted by molar-refractivity contribution is 0.211. The van der Waals surface area contributed by atoms with Gasteiger partial charge in [0.25, 0.3) is 0 Å². The van der Waals surface area contributed by atoms with Crippen molar-refractivity contribution >= 4 is 33.9 Å². The quantitative estimate of drug-likeness (QED) is 0.405. The highest BCUT2D eigenvalue weighted by atomic mass is 32.2. The molecule has 5 heteroatoms. The number of hydrogen-bond donors (Lipinski definition) is 0. The molecule has 0 unspecified atom stereocenters. The lowest BCUT2D eigenvalue weighted by atomic mass is 9.84. The minimum absolute atomic E-state index is 0.00744. The molecule has 174 valence electrons. The highest BCUT2D eigenvalue weighted by Crippen LogP contribution is 2.37. The van der Waals surface area contributed by atoms with Gasteiger partial charge in [-0.1, -0.05) is 105 Å². The van der Waals surface area contributed by atoms with Crippen molar-refractivity contribution in [3.8, 4) is 0 Å². The molecule has 0 aromatic heterocycles. The van der Waals surface area contributed by atoms with E-state index in [9.17, 15) is 8.42 Å². The Bertz CT molecular complexity index is 1090. The Morgan fingerprint density at radius 1 is 0.818 bits per heavy atom. The second-order valence-corrected chi connectivity index (χ2v) is 12.9. The molecule has 3 aromatic carbocycles. The summed E-state index contributed by atoms with van der Waals surface area (Å²) in [6.07, 6.45) is 5.92. The summed E-state index contributed by atoms with van der Waals surface area (Å²) in [6, 6.07) is 28.3. The van der Waals surface area contributed by atoms with E-state index in [1.54, 1.807) is 4.31 Å². The second kappa shape index (κ2) is 11.0.